The van der Waals surface area contributed by atoms with E-state index in [0.29, 0.717) is 15.0 Å². The Morgan fingerprint density at radius 2 is 1.96 bits per heavy atom. The third kappa shape index (κ3) is 3.05. The number of benzene rings is 2. The van der Waals surface area contributed by atoms with Gasteiger partial charge in [0.05, 0.1) is 10.6 Å². The van der Waals surface area contributed by atoms with E-state index >= 15 is 0 Å². The average Bonchev–Trinajstić information content (AvgIpc) is 2.83. The van der Waals surface area contributed by atoms with Crippen LogP contribution in [0.5, 0.6) is 0 Å². The Bertz CT molecular complexity index is 920. The molecule has 3 N–H and O–H groups in total. The number of aliphatic hydroxyl groups is 1. The lowest BCUT2D eigenvalue weighted by Crippen LogP contribution is -2.46. The minimum atomic E-state index is -4.01. The Labute approximate surface area is 154 Å². The molecular weight excluding hydrogens is 388 g/mol. The summed E-state index contributed by atoms with van der Waals surface area (Å²) in [6.45, 7) is 0. The Hall–Kier alpha value is -1.16. The molecule has 0 amide bonds. The first-order valence-corrected chi connectivity index (χ1v) is 10.1. The van der Waals surface area contributed by atoms with Crippen LogP contribution in [0.2, 0.25) is 5.02 Å². The van der Waals surface area contributed by atoms with Gasteiger partial charge in [0.2, 0.25) is 10.0 Å². The fourth-order valence-electron chi connectivity index (χ4n) is 2.62. The van der Waals surface area contributed by atoms with Crippen molar-refractivity contribution in [3.05, 3.63) is 59.1 Å². The predicted octanol–water partition coefficient (Wildman–Crippen LogP) is 2.67. The van der Waals surface area contributed by atoms with Crippen LogP contribution >= 0.6 is 35.6 Å². The molecule has 1 atom stereocenters. The van der Waals surface area contributed by atoms with Gasteiger partial charge in [-0.3, -0.25) is 4.90 Å². The van der Waals surface area contributed by atoms with E-state index in [9.17, 15) is 13.5 Å². The maximum absolute atomic E-state index is 11.9. The number of anilines is 1. The molecule has 2 aromatic rings. The number of hydrogen-bond donors (Lipinski definition) is 2. The molecule has 0 saturated carbocycles. The summed E-state index contributed by atoms with van der Waals surface area (Å²) >= 11 is 12.7. The molecule has 1 aliphatic rings. The average molecular weight is 401 g/mol. The van der Waals surface area contributed by atoms with Crippen LogP contribution in [0.3, 0.4) is 0 Å². The minimum Gasteiger partial charge on any atom is -0.366 e. The van der Waals surface area contributed by atoms with Crippen molar-refractivity contribution in [1.29, 1.82) is 0 Å². The van der Waals surface area contributed by atoms with Crippen molar-refractivity contribution >= 4 is 55.6 Å². The van der Waals surface area contributed by atoms with Crippen molar-refractivity contribution < 1.29 is 13.5 Å². The van der Waals surface area contributed by atoms with E-state index in [-0.39, 0.29) is 16.2 Å². The molecule has 1 saturated heterocycles. The summed E-state index contributed by atoms with van der Waals surface area (Å²) < 4.78 is 24.3. The number of rotatable bonds is 3. The predicted molar refractivity (Wildman–Crippen MR) is 101 cm³/mol. The summed E-state index contributed by atoms with van der Waals surface area (Å²) in [4.78, 5) is 1.37. The van der Waals surface area contributed by atoms with Crippen LogP contribution in [0.4, 0.5) is 5.69 Å². The second kappa shape index (κ2) is 6.29. The van der Waals surface area contributed by atoms with Crippen molar-refractivity contribution in [3.8, 4) is 0 Å². The molecule has 0 radical (unpaired) electrons. The first-order chi connectivity index (χ1) is 11.2. The molecule has 9 heteroatoms. The van der Waals surface area contributed by atoms with Crippen molar-refractivity contribution in [2.75, 3.05) is 10.7 Å². The van der Waals surface area contributed by atoms with Crippen LogP contribution in [-0.4, -0.2) is 23.6 Å². The van der Waals surface area contributed by atoms with E-state index < -0.39 is 15.7 Å². The number of primary sulfonamides is 1. The van der Waals surface area contributed by atoms with Gasteiger partial charge in [0.15, 0.2) is 5.72 Å². The largest absolute Gasteiger partial charge is 0.366 e. The van der Waals surface area contributed by atoms with Crippen LogP contribution in [0.15, 0.2) is 53.4 Å². The Balaban J connectivity index is 2.21. The fourth-order valence-corrected chi connectivity index (χ4v) is 5.04. The summed E-state index contributed by atoms with van der Waals surface area (Å²) in [7, 11) is -4.01. The number of hydrogen-bond acceptors (Lipinski definition) is 5. The van der Waals surface area contributed by atoms with Gasteiger partial charge in [-0.15, -0.1) is 0 Å². The van der Waals surface area contributed by atoms with Crippen LogP contribution in [0.25, 0.3) is 0 Å². The zero-order chi connectivity index (χ0) is 17.5. The number of thiocarbonyl (C=S) groups is 1. The summed E-state index contributed by atoms with van der Waals surface area (Å²) in [5, 5.41) is 17.1. The van der Waals surface area contributed by atoms with E-state index in [1.54, 1.807) is 36.4 Å². The lowest BCUT2D eigenvalue weighted by molar-refractivity contribution is 0.0741. The van der Waals surface area contributed by atoms with Gasteiger partial charge in [-0.05, 0) is 24.3 Å². The first-order valence-electron chi connectivity index (χ1n) is 6.81. The normalized spacial score (nSPS) is 21.3. The molecule has 126 valence electrons. The summed E-state index contributed by atoms with van der Waals surface area (Å²) in [5.41, 5.74) is -0.890. The van der Waals surface area contributed by atoms with E-state index in [1.807, 2.05) is 0 Å². The van der Waals surface area contributed by atoms with Crippen molar-refractivity contribution in [3.63, 3.8) is 0 Å². The highest BCUT2D eigenvalue weighted by Crippen LogP contribution is 2.44. The Morgan fingerprint density at radius 3 is 2.62 bits per heavy atom. The van der Waals surface area contributed by atoms with E-state index in [0.717, 1.165) is 0 Å². The van der Waals surface area contributed by atoms with Gasteiger partial charge in [-0.1, -0.05) is 59.8 Å². The Morgan fingerprint density at radius 1 is 1.25 bits per heavy atom. The summed E-state index contributed by atoms with van der Waals surface area (Å²) in [6, 6.07) is 12.9. The second-order valence-corrected chi connectivity index (χ2v) is 8.80. The lowest BCUT2D eigenvalue weighted by Gasteiger charge is -2.35. The van der Waals surface area contributed by atoms with Crippen LogP contribution in [0, 0.1) is 0 Å². The third-order valence-electron chi connectivity index (χ3n) is 3.64. The molecule has 3 rings (SSSR count). The molecule has 0 aromatic heterocycles. The van der Waals surface area contributed by atoms with Crippen molar-refractivity contribution in [1.82, 2.24) is 0 Å². The van der Waals surface area contributed by atoms with E-state index in [1.165, 1.54) is 28.8 Å². The molecule has 2 aromatic carbocycles. The molecule has 1 fully saturated rings. The van der Waals surface area contributed by atoms with Gasteiger partial charge in [-0.2, -0.15) is 0 Å². The van der Waals surface area contributed by atoms with Crippen LogP contribution in [-0.2, 0) is 15.7 Å². The SMILES string of the molecule is NS(=O)(=O)c1ccccc1C1(O)CSC(=S)N1c1cccc(Cl)c1. The zero-order valence-electron chi connectivity index (χ0n) is 12.2. The van der Waals surface area contributed by atoms with Gasteiger partial charge in [-0.25, -0.2) is 13.6 Å². The molecule has 1 aliphatic heterocycles. The number of sulfonamides is 1. The number of nitrogens with zero attached hydrogens (tertiary/aromatic N) is 1. The second-order valence-electron chi connectivity index (χ2n) is 5.23. The highest BCUT2D eigenvalue weighted by atomic mass is 35.5. The molecule has 0 aliphatic carbocycles. The highest BCUT2D eigenvalue weighted by Gasteiger charge is 2.47. The monoisotopic (exact) mass is 400 g/mol. The van der Waals surface area contributed by atoms with Gasteiger partial charge < -0.3 is 5.11 Å². The number of halogens is 1. The smallest absolute Gasteiger partial charge is 0.238 e. The maximum Gasteiger partial charge on any atom is 0.238 e. The first kappa shape index (κ1) is 17.7. The van der Waals surface area contributed by atoms with Crippen LogP contribution in [0.1, 0.15) is 5.56 Å². The topological polar surface area (TPSA) is 83.6 Å². The van der Waals surface area contributed by atoms with Crippen molar-refractivity contribution in [2.45, 2.75) is 10.6 Å². The molecular formula is C15H13ClN2O3S3. The molecule has 5 nitrogen and oxygen atoms in total. The third-order valence-corrected chi connectivity index (χ3v) is 6.36. The van der Waals surface area contributed by atoms with Gasteiger partial charge in [0.1, 0.15) is 4.32 Å². The number of thioether (sulfide) groups is 1. The van der Waals surface area contributed by atoms with Gasteiger partial charge in [0, 0.05) is 16.3 Å². The zero-order valence-corrected chi connectivity index (χ0v) is 15.4. The highest BCUT2D eigenvalue weighted by molar-refractivity contribution is 8.23. The lowest BCUT2D eigenvalue weighted by atomic mass is 10.0. The minimum absolute atomic E-state index is 0.134. The molecule has 0 bridgehead atoms. The Kier molecular flexibility index (Phi) is 4.63. The van der Waals surface area contributed by atoms with Gasteiger partial charge >= 0.3 is 0 Å². The van der Waals surface area contributed by atoms with Crippen LogP contribution < -0.4 is 10.0 Å². The summed E-state index contributed by atoms with van der Waals surface area (Å²) in [6.07, 6.45) is 0. The van der Waals surface area contributed by atoms with Gasteiger partial charge in [0.25, 0.3) is 0 Å². The maximum atomic E-state index is 11.9. The fraction of sp³-hybridized carbons (Fsp3) is 0.133. The quantitative estimate of drug-likeness (QED) is 0.770. The molecule has 1 unspecified atom stereocenters. The molecule has 1 heterocycles. The summed E-state index contributed by atoms with van der Waals surface area (Å²) in [5.74, 6) is 0.172. The van der Waals surface area contributed by atoms with E-state index in [4.69, 9.17) is 29.0 Å². The molecule has 24 heavy (non-hydrogen) atoms. The van der Waals surface area contributed by atoms with Crippen molar-refractivity contribution in [2.24, 2.45) is 5.14 Å². The van der Waals surface area contributed by atoms with E-state index in [2.05, 4.69) is 0 Å². The standard InChI is InChI=1S/C15H13ClN2O3S3/c16-10-4-3-5-11(8-10)18-14(22)23-9-15(18,19)12-6-1-2-7-13(12)24(17,20)21/h1-8,19H,9H2,(H2,17,20,21). The molecule has 0 spiro atoms. The number of nitrogens with two attached hydrogens (primary N) is 1.